The number of nitrogens with one attached hydrogen (secondary N) is 1. The highest BCUT2D eigenvalue weighted by molar-refractivity contribution is 9.10. The number of benzene rings is 1. The lowest BCUT2D eigenvalue weighted by atomic mass is 10.2. The Hall–Kier alpha value is -0.610. The fourth-order valence-electron chi connectivity index (χ4n) is 1.71. The van der Waals surface area contributed by atoms with Gasteiger partial charge in [-0.1, -0.05) is 36.2 Å². The first-order valence-corrected chi connectivity index (χ1v) is 7.29. The largest absolute Gasteiger partial charge is 0.486 e. The summed E-state index contributed by atoms with van der Waals surface area (Å²) >= 11 is 3.33. The van der Waals surface area contributed by atoms with Gasteiger partial charge in [0.2, 0.25) is 0 Å². The van der Waals surface area contributed by atoms with Crippen molar-refractivity contribution in [2.24, 2.45) is 0 Å². The molecular weight excluding hydrogens is 297 g/mol. The van der Waals surface area contributed by atoms with Crippen LogP contribution in [0.2, 0.25) is 0 Å². The summed E-state index contributed by atoms with van der Waals surface area (Å²) in [5.41, 5.74) is 0. The summed E-state index contributed by atoms with van der Waals surface area (Å²) in [5, 5.41) is 3.32. The Balaban J connectivity index is 2.60. The molecule has 18 heavy (non-hydrogen) atoms. The lowest BCUT2D eigenvalue weighted by Crippen LogP contribution is -2.32. The second kappa shape index (κ2) is 8.48. The Morgan fingerprint density at radius 1 is 1.33 bits per heavy atom. The van der Waals surface area contributed by atoms with E-state index in [1.165, 1.54) is 6.07 Å². The molecular formula is C14H21BrFNO. The van der Waals surface area contributed by atoms with Gasteiger partial charge in [-0.25, -0.2) is 4.39 Å². The lowest BCUT2D eigenvalue weighted by molar-refractivity contribution is 0.179. The number of hydrogen-bond donors (Lipinski definition) is 1. The van der Waals surface area contributed by atoms with Crippen LogP contribution < -0.4 is 10.1 Å². The van der Waals surface area contributed by atoms with Gasteiger partial charge in [-0.2, -0.15) is 0 Å². The van der Waals surface area contributed by atoms with Gasteiger partial charge in [0.15, 0.2) is 11.6 Å². The van der Waals surface area contributed by atoms with E-state index in [0.29, 0.717) is 5.75 Å². The van der Waals surface area contributed by atoms with Crippen LogP contribution in [-0.2, 0) is 0 Å². The molecule has 0 amide bonds. The number of rotatable bonds is 8. The zero-order valence-electron chi connectivity index (χ0n) is 11.0. The average molecular weight is 318 g/mol. The molecule has 0 aliphatic rings. The fraction of sp³-hybridized carbons (Fsp3) is 0.571. The predicted molar refractivity (Wildman–Crippen MR) is 76.6 cm³/mol. The van der Waals surface area contributed by atoms with Crippen molar-refractivity contribution in [3.63, 3.8) is 0 Å². The maximum Gasteiger partial charge on any atom is 0.165 e. The van der Waals surface area contributed by atoms with E-state index >= 15 is 0 Å². The Kier molecular flexibility index (Phi) is 7.28. The van der Waals surface area contributed by atoms with E-state index in [2.05, 4.69) is 35.1 Å². The Bertz CT molecular complexity index is 360. The minimum atomic E-state index is -0.310. The second-order valence-corrected chi connectivity index (χ2v) is 5.22. The molecule has 1 unspecified atom stereocenters. The molecule has 2 nitrogen and oxygen atoms in total. The molecule has 0 saturated heterocycles. The van der Waals surface area contributed by atoms with Crippen LogP contribution in [0.3, 0.4) is 0 Å². The van der Waals surface area contributed by atoms with E-state index < -0.39 is 0 Å². The van der Waals surface area contributed by atoms with Crippen LogP contribution in [0.1, 0.15) is 33.1 Å². The number of ether oxygens (including phenoxy) is 1. The highest BCUT2D eigenvalue weighted by Gasteiger charge is 2.12. The van der Waals surface area contributed by atoms with Gasteiger partial charge in [0, 0.05) is 11.0 Å². The van der Waals surface area contributed by atoms with E-state index in [4.69, 9.17) is 4.74 Å². The third-order valence-electron chi connectivity index (χ3n) is 2.60. The van der Waals surface area contributed by atoms with Gasteiger partial charge in [0.05, 0.1) is 0 Å². The zero-order valence-corrected chi connectivity index (χ0v) is 12.6. The molecule has 102 valence electrons. The molecule has 0 aromatic heterocycles. The molecule has 1 rings (SSSR count). The minimum Gasteiger partial charge on any atom is -0.486 e. The molecule has 0 aliphatic heterocycles. The quantitative estimate of drug-likeness (QED) is 0.728. The highest BCUT2D eigenvalue weighted by Crippen LogP contribution is 2.23. The van der Waals surface area contributed by atoms with Crippen molar-refractivity contribution in [2.75, 3.05) is 13.1 Å². The molecule has 0 radical (unpaired) electrons. The van der Waals surface area contributed by atoms with Gasteiger partial charge < -0.3 is 10.1 Å². The van der Waals surface area contributed by atoms with Crippen LogP contribution in [0.15, 0.2) is 22.7 Å². The van der Waals surface area contributed by atoms with Gasteiger partial charge in [-0.3, -0.25) is 0 Å². The van der Waals surface area contributed by atoms with Crippen molar-refractivity contribution in [1.29, 1.82) is 0 Å². The maximum atomic E-state index is 13.6. The minimum absolute atomic E-state index is 0.0188. The van der Waals surface area contributed by atoms with E-state index in [9.17, 15) is 4.39 Å². The number of hydrogen-bond acceptors (Lipinski definition) is 2. The third kappa shape index (κ3) is 5.36. The fourth-order valence-corrected chi connectivity index (χ4v) is 2.05. The van der Waals surface area contributed by atoms with Crippen LogP contribution >= 0.6 is 15.9 Å². The van der Waals surface area contributed by atoms with Crippen molar-refractivity contribution in [2.45, 2.75) is 39.2 Å². The smallest absolute Gasteiger partial charge is 0.165 e. The average Bonchev–Trinajstić information content (AvgIpc) is 2.34. The van der Waals surface area contributed by atoms with Crippen molar-refractivity contribution in [1.82, 2.24) is 5.32 Å². The van der Waals surface area contributed by atoms with Crippen molar-refractivity contribution < 1.29 is 9.13 Å². The molecule has 0 heterocycles. The van der Waals surface area contributed by atoms with Crippen molar-refractivity contribution >= 4 is 15.9 Å². The zero-order chi connectivity index (χ0) is 13.4. The van der Waals surface area contributed by atoms with Gasteiger partial charge >= 0.3 is 0 Å². The molecule has 0 spiro atoms. The van der Waals surface area contributed by atoms with Gasteiger partial charge in [0.25, 0.3) is 0 Å². The van der Waals surface area contributed by atoms with E-state index in [-0.39, 0.29) is 11.9 Å². The van der Waals surface area contributed by atoms with Gasteiger partial charge in [-0.15, -0.1) is 0 Å². The van der Waals surface area contributed by atoms with Crippen LogP contribution in [0.5, 0.6) is 5.75 Å². The Labute approximate surface area is 117 Å². The summed E-state index contributed by atoms with van der Waals surface area (Å²) in [6, 6.07) is 4.77. The summed E-state index contributed by atoms with van der Waals surface area (Å²) in [4.78, 5) is 0. The van der Waals surface area contributed by atoms with Crippen molar-refractivity contribution in [3.05, 3.63) is 28.5 Å². The first kappa shape index (κ1) is 15.4. The summed E-state index contributed by atoms with van der Waals surface area (Å²) in [6.07, 6.45) is 3.05. The van der Waals surface area contributed by atoms with Crippen LogP contribution in [-0.4, -0.2) is 19.2 Å². The molecule has 0 aliphatic carbocycles. The first-order valence-electron chi connectivity index (χ1n) is 6.49. The summed E-state index contributed by atoms with van der Waals surface area (Å²) in [6.45, 7) is 5.95. The Morgan fingerprint density at radius 3 is 2.78 bits per heavy atom. The molecule has 0 fully saturated rings. The van der Waals surface area contributed by atoms with Crippen LogP contribution in [0, 0.1) is 5.82 Å². The summed E-state index contributed by atoms with van der Waals surface area (Å²) in [5.74, 6) is 0.0101. The first-order chi connectivity index (χ1) is 8.67. The lowest BCUT2D eigenvalue weighted by Gasteiger charge is -2.19. The SMILES string of the molecule is CCCNCC(CCC)Oc1cc(Br)ccc1F. The number of halogens is 2. The standard InChI is InChI=1S/C14H21BrFNO/c1-3-5-12(10-17-8-4-2)18-14-9-11(15)6-7-13(14)16/h6-7,9,12,17H,3-5,8,10H2,1-2H3. The third-order valence-corrected chi connectivity index (χ3v) is 3.09. The molecule has 4 heteroatoms. The monoisotopic (exact) mass is 317 g/mol. The van der Waals surface area contributed by atoms with Gasteiger partial charge in [-0.05, 0) is 37.6 Å². The van der Waals surface area contributed by atoms with Crippen molar-refractivity contribution in [3.8, 4) is 5.75 Å². The van der Waals surface area contributed by atoms with Crippen LogP contribution in [0.4, 0.5) is 4.39 Å². The van der Waals surface area contributed by atoms with Gasteiger partial charge in [0.1, 0.15) is 6.10 Å². The molecule has 0 bridgehead atoms. The molecule has 1 aromatic carbocycles. The second-order valence-electron chi connectivity index (χ2n) is 4.31. The Morgan fingerprint density at radius 2 is 2.11 bits per heavy atom. The predicted octanol–water partition coefficient (Wildman–Crippen LogP) is 4.14. The highest BCUT2D eigenvalue weighted by atomic mass is 79.9. The maximum absolute atomic E-state index is 13.6. The van der Waals surface area contributed by atoms with Crippen LogP contribution in [0.25, 0.3) is 0 Å². The molecule has 1 atom stereocenters. The van der Waals surface area contributed by atoms with E-state index in [1.54, 1.807) is 12.1 Å². The molecule has 1 N–H and O–H groups in total. The molecule has 0 saturated carbocycles. The summed E-state index contributed by atoms with van der Waals surface area (Å²) in [7, 11) is 0. The summed E-state index contributed by atoms with van der Waals surface area (Å²) < 4.78 is 20.2. The molecule has 1 aromatic rings. The normalized spacial score (nSPS) is 12.4. The van der Waals surface area contributed by atoms with E-state index in [0.717, 1.165) is 36.8 Å². The topological polar surface area (TPSA) is 21.3 Å². The van der Waals surface area contributed by atoms with E-state index in [1.807, 2.05) is 0 Å².